The van der Waals surface area contributed by atoms with E-state index in [9.17, 15) is 9.59 Å². The summed E-state index contributed by atoms with van der Waals surface area (Å²) in [5.74, 6) is 0.661. The van der Waals surface area contributed by atoms with Gasteiger partial charge in [-0.2, -0.15) is 0 Å². The van der Waals surface area contributed by atoms with E-state index in [1.54, 1.807) is 42.7 Å². The first-order valence-electron chi connectivity index (χ1n) is 9.78. The molecule has 2 amide bonds. The van der Waals surface area contributed by atoms with Crippen LogP contribution in [0.3, 0.4) is 0 Å². The van der Waals surface area contributed by atoms with Gasteiger partial charge in [0.05, 0.1) is 6.04 Å². The molecular weight excluding hydrogens is 384 g/mol. The first-order chi connectivity index (χ1) is 14.6. The number of carbonyl (C=O) groups is 2. The summed E-state index contributed by atoms with van der Waals surface area (Å²) in [6.45, 7) is 1.87. The molecule has 0 saturated heterocycles. The molecule has 1 fully saturated rings. The zero-order valence-corrected chi connectivity index (χ0v) is 16.5. The maximum atomic E-state index is 12.5. The van der Waals surface area contributed by atoms with E-state index in [2.05, 4.69) is 20.8 Å². The molecule has 0 spiro atoms. The predicted molar refractivity (Wildman–Crippen MR) is 109 cm³/mol. The number of hydrogen-bond acceptors (Lipinski definition) is 6. The molecule has 0 radical (unpaired) electrons. The fraction of sp³-hybridized carbons (Fsp3) is 0.273. The third-order valence-electron chi connectivity index (χ3n) is 4.75. The highest BCUT2D eigenvalue weighted by atomic mass is 16.5. The highest BCUT2D eigenvalue weighted by Gasteiger charge is 2.23. The van der Waals surface area contributed by atoms with Gasteiger partial charge in [0.1, 0.15) is 5.75 Å². The van der Waals surface area contributed by atoms with Gasteiger partial charge in [-0.1, -0.05) is 17.3 Å². The molecule has 30 heavy (non-hydrogen) atoms. The molecule has 2 aromatic heterocycles. The molecule has 154 valence electrons. The molecule has 0 aliphatic heterocycles. The Labute approximate surface area is 173 Å². The van der Waals surface area contributed by atoms with E-state index in [4.69, 9.17) is 9.26 Å². The largest absolute Gasteiger partial charge is 0.484 e. The fourth-order valence-corrected chi connectivity index (χ4v) is 2.89. The van der Waals surface area contributed by atoms with Crippen LogP contribution in [0.2, 0.25) is 0 Å². The van der Waals surface area contributed by atoms with Crippen molar-refractivity contribution < 1.29 is 18.8 Å². The van der Waals surface area contributed by atoms with Crippen molar-refractivity contribution in [3.05, 3.63) is 66.1 Å². The van der Waals surface area contributed by atoms with E-state index >= 15 is 0 Å². The lowest BCUT2D eigenvalue weighted by Gasteiger charge is -2.14. The third kappa shape index (κ3) is 5.02. The van der Waals surface area contributed by atoms with Crippen molar-refractivity contribution in [1.29, 1.82) is 0 Å². The van der Waals surface area contributed by atoms with Crippen LogP contribution < -0.4 is 15.4 Å². The van der Waals surface area contributed by atoms with Gasteiger partial charge >= 0.3 is 0 Å². The molecule has 2 N–H and O–H groups in total. The zero-order chi connectivity index (χ0) is 20.9. The summed E-state index contributed by atoms with van der Waals surface area (Å²) in [5, 5.41) is 9.63. The van der Waals surface area contributed by atoms with E-state index in [1.165, 1.54) is 0 Å². The van der Waals surface area contributed by atoms with Gasteiger partial charge in [-0.3, -0.25) is 14.6 Å². The Bertz CT molecular complexity index is 1010. The monoisotopic (exact) mass is 406 g/mol. The van der Waals surface area contributed by atoms with Gasteiger partial charge in [0.2, 0.25) is 0 Å². The van der Waals surface area contributed by atoms with E-state index < -0.39 is 0 Å². The van der Waals surface area contributed by atoms with Crippen LogP contribution in [0, 0.1) is 0 Å². The number of nitrogens with one attached hydrogen (secondary N) is 2. The number of aromatic nitrogens is 2. The van der Waals surface area contributed by atoms with Crippen LogP contribution >= 0.6 is 0 Å². The molecule has 1 atom stereocenters. The highest BCUT2D eigenvalue weighted by Crippen LogP contribution is 2.21. The van der Waals surface area contributed by atoms with Crippen molar-refractivity contribution in [2.75, 3.05) is 6.61 Å². The number of carbonyl (C=O) groups excluding carboxylic acids is 2. The van der Waals surface area contributed by atoms with Crippen LogP contribution in [0.25, 0.3) is 11.3 Å². The van der Waals surface area contributed by atoms with Crippen LogP contribution in [0.4, 0.5) is 0 Å². The van der Waals surface area contributed by atoms with Gasteiger partial charge in [0.25, 0.3) is 11.8 Å². The van der Waals surface area contributed by atoms with Crippen LogP contribution in [-0.4, -0.2) is 34.6 Å². The lowest BCUT2D eigenvalue weighted by atomic mass is 10.1. The number of pyridine rings is 1. The molecule has 1 aliphatic rings. The second-order valence-electron chi connectivity index (χ2n) is 7.21. The summed E-state index contributed by atoms with van der Waals surface area (Å²) in [5.41, 5.74) is 1.90. The summed E-state index contributed by atoms with van der Waals surface area (Å²) in [6, 6.07) is 12.5. The van der Waals surface area contributed by atoms with Crippen molar-refractivity contribution in [2.24, 2.45) is 0 Å². The molecule has 8 heteroatoms. The van der Waals surface area contributed by atoms with E-state index in [0.717, 1.165) is 24.0 Å². The number of ether oxygens (including phenoxy) is 1. The Kier molecular flexibility index (Phi) is 5.74. The lowest BCUT2D eigenvalue weighted by Crippen LogP contribution is -2.30. The summed E-state index contributed by atoms with van der Waals surface area (Å²) < 4.78 is 10.8. The van der Waals surface area contributed by atoms with E-state index in [0.29, 0.717) is 17.6 Å². The minimum absolute atomic E-state index is 0.00585. The summed E-state index contributed by atoms with van der Waals surface area (Å²) in [6.07, 6.45) is 5.38. The van der Waals surface area contributed by atoms with Gasteiger partial charge < -0.3 is 19.9 Å². The summed E-state index contributed by atoms with van der Waals surface area (Å²) in [7, 11) is 0. The first kappa shape index (κ1) is 19.6. The van der Waals surface area contributed by atoms with Crippen molar-refractivity contribution >= 4 is 11.8 Å². The topological polar surface area (TPSA) is 106 Å². The van der Waals surface area contributed by atoms with Crippen molar-refractivity contribution in [2.45, 2.75) is 31.8 Å². The highest BCUT2D eigenvalue weighted by molar-refractivity contribution is 5.93. The number of benzene rings is 1. The molecule has 1 unspecified atom stereocenters. The number of rotatable bonds is 8. The van der Waals surface area contributed by atoms with Crippen LogP contribution in [0.1, 0.15) is 41.9 Å². The maximum absolute atomic E-state index is 12.5. The zero-order valence-electron chi connectivity index (χ0n) is 16.5. The molecular formula is C22H22N4O4. The molecule has 3 aromatic rings. The van der Waals surface area contributed by atoms with Gasteiger partial charge in [-0.25, -0.2) is 0 Å². The Morgan fingerprint density at radius 1 is 1.17 bits per heavy atom. The average molecular weight is 406 g/mol. The third-order valence-corrected chi connectivity index (χ3v) is 4.75. The summed E-state index contributed by atoms with van der Waals surface area (Å²) in [4.78, 5) is 28.1. The second-order valence-corrected chi connectivity index (χ2v) is 7.21. The minimum Gasteiger partial charge on any atom is -0.484 e. The Hall–Kier alpha value is -3.68. The number of nitrogens with zero attached hydrogens (tertiary/aromatic N) is 2. The molecule has 1 aliphatic carbocycles. The van der Waals surface area contributed by atoms with Gasteiger partial charge in [0, 0.05) is 30.1 Å². The number of amides is 2. The SMILES string of the molecule is CC(NC(=O)c1cc(-c2ccncc2)on1)c1ccc(OCC(=O)NC2CC2)cc1. The second kappa shape index (κ2) is 8.77. The van der Waals surface area contributed by atoms with Gasteiger partial charge in [0.15, 0.2) is 18.1 Å². The van der Waals surface area contributed by atoms with Crippen molar-refractivity contribution in [1.82, 2.24) is 20.8 Å². The summed E-state index contributed by atoms with van der Waals surface area (Å²) >= 11 is 0. The predicted octanol–water partition coefficient (Wildman–Crippen LogP) is 2.89. The minimum atomic E-state index is -0.330. The van der Waals surface area contributed by atoms with Crippen LogP contribution in [-0.2, 0) is 4.79 Å². The molecule has 1 aromatic carbocycles. The fourth-order valence-electron chi connectivity index (χ4n) is 2.89. The standard InChI is InChI=1S/C22H22N4O4/c1-14(15-2-6-18(7-3-15)29-13-21(27)25-17-4-5-17)24-22(28)19-12-20(30-26-19)16-8-10-23-11-9-16/h2-3,6-12,14,17H,4-5,13H2,1H3,(H,24,28)(H,25,27). The van der Waals surface area contributed by atoms with Crippen LogP contribution in [0.5, 0.6) is 5.75 Å². The molecule has 8 nitrogen and oxygen atoms in total. The number of hydrogen-bond donors (Lipinski definition) is 2. The average Bonchev–Trinajstić information content (AvgIpc) is 3.44. The molecule has 4 rings (SSSR count). The van der Waals surface area contributed by atoms with Gasteiger partial charge in [-0.15, -0.1) is 0 Å². The van der Waals surface area contributed by atoms with E-state index in [1.807, 2.05) is 19.1 Å². The first-order valence-corrected chi connectivity index (χ1v) is 9.78. The molecule has 0 bridgehead atoms. The quantitative estimate of drug-likeness (QED) is 0.596. The Morgan fingerprint density at radius 2 is 1.90 bits per heavy atom. The van der Waals surface area contributed by atoms with Crippen molar-refractivity contribution in [3.8, 4) is 17.1 Å². The van der Waals surface area contributed by atoms with Crippen molar-refractivity contribution in [3.63, 3.8) is 0 Å². The Balaban J connectivity index is 1.31. The Morgan fingerprint density at radius 3 is 2.60 bits per heavy atom. The smallest absolute Gasteiger partial charge is 0.273 e. The molecule has 2 heterocycles. The lowest BCUT2D eigenvalue weighted by molar-refractivity contribution is -0.123. The van der Waals surface area contributed by atoms with Gasteiger partial charge in [-0.05, 0) is 49.6 Å². The van der Waals surface area contributed by atoms with Crippen LogP contribution in [0.15, 0.2) is 59.4 Å². The van der Waals surface area contributed by atoms with E-state index in [-0.39, 0.29) is 30.2 Å². The normalized spacial score (nSPS) is 14.0. The molecule has 1 saturated carbocycles. The maximum Gasteiger partial charge on any atom is 0.273 e.